The molecule has 2 amide bonds. The summed E-state index contributed by atoms with van der Waals surface area (Å²) in [6.45, 7) is 0.0681. The van der Waals surface area contributed by atoms with Crippen LogP contribution in [-0.4, -0.2) is 24.0 Å². The molecule has 3 aromatic rings. The minimum atomic E-state index is -0.622. The maximum absolute atomic E-state index is 13.4. The third-order valence-electron chi connectivity index (χ3n) is 4.95. The lowest BCUT2D eigenvalue weighted by molar-refractivity contribution is -0.122. The molecule has 6 nitrogen and oxygen atoms in total. The first-order chi connectivity index (χ1) is 16.4. The Morgan fingerprint density at radius 1 is 1.09 bits per heavy atom. The van der Waals surface area contributed by atoms with Gasteiger partial charge < -0.3 is 9.47 Å². The van der Waals surface area contributed by atoms with Gasteiger partial charge >= 0.3 is 0 Å². The Hall–Kier alpha value is -3.75. The molecule has 0 aliphatic carbocycles. The van der Waals surface area contributed by atoms with Crippen LogP contribution in [0.1, 0.15) is 11.1 Å². The Balaban J connectivity index is 1.64. The molecule has 1 aliphatic heterocycles. The number of amides is 2. The number of methoxy groups -OCH3 is 1. The smallest absolute Gasteiger partial charge is 0.270 e. The molecule has 1 N–H and O–H groups in total. The second-order valence-corrected chi connectivity index (χ2v) is 8.04. The van der Waals surface area contributed by atoms with Crippen LogP contribution in [0.5, 0.6) is 11.5 Å². The van der Waals surface area contributed by atoms with Crippen LogP contribution in [0.3, 0.4) is 0 Å². The van der Waals surface area contributed by atoms with Crippen LogP contribution in [0.2, 0.25) is 5.02 Å². The van der Waals surface area contributed by atoms with Gasteiger partial charge in [-0.2, -0.15) is 0 Å². The molecule has 34 heavy (non-hydrogen) atoms. The molecule has 4 rings (SSSR count). The monoisotopic (exact) mass is 496 g/mol. The molecule has 0 atom stereocenters. The first-order valence-electron chi connectivity index (χ1n) is 10.1. The van der Waals surface area contributed by atoms with Crippen LogP contribution < -0.4 is 19.7 Å². The van der Waals surface area contributed by atoms with E-state index in [1.165, 1.54) is 30.2 Å². The molecule has 1 aliphatic rings. The van der Waals surface area contributed by atoms with E-state index in [2.05, 4.69) is 5.32 Å². The van der Waals surface area contributed by atoms with Gasteiger partial charge in [0.15, 0.2) is 16.6 Å². The Bertz CT molecular complexity index is 1310. The fourth-order valence-electron chi connectivity index (χ4n) is 3.38. The summed E-state index contributed by atoms with van der Waals surface area (Å²) in [6, 6.07) is 17.9. The van der Waals surface area contributed by atoms with Crippen LogP contribution in [0.4, 0.5) is 10.1 Å². The van der Waals surface area contributed by atoms with Crippen molar-refractivity contribution in [3.05, 3.63) is 94.3 Å². The van der Waals surface area contributed by atoms with Gasteiger partial charge in [0.05, 0.1) is 17.8 Å². The fourth-order valence-corrected chi connectivity index (χ4v) is 3.94. The largest absolute Gasteiger partial charge is 0.493 e. The number of thiocarbonyl (C=S) groups is 1. The number of rotatable bonds is 6. The number of nitrogens with one attached hydrogen (secondary N) is 1. The highest BCUT2D eigenvalue weighted by atomic mass is 35.5. The van der Waals surface area contributed by atoms with Gasteiger partial charge in [-0.1, -0.05) is 41.9 Å². The van der Waals surface area contributed by atoms with Crippen molar-refractivity contribution in [3.8, 4) is 11.5 Å². The van der Waals surface area contributed by atoms with E-state index in [9.17, 15) is 14.0 Å². The number of hydrogen-bond acceptors (Lipinski definition) is 5. The summed E-state index contributed by atoms with van der Waals surface area (Å²) in [5.41, 5.74) is 1.47. The summed E-state index contributed by atoms with van der Waals surface area (Å²) in [7, 11) is 1.44. The van der Waals surface area contributed by atoms with Crippen molar-refractivity contribution < 1.29 is 23.5 Å². The third kappa shape index (κ3) is 4.93. The van der Waals surface area contributed by atoms with E-state index in [0.29, 0.717) is 16.8 Å². The zero-order chi connectivity index (χ0) is 24.2. The number of carbonyl (C=O) groups excluding carboxylic acids is 2. The lowest BCUT2D eigenvalue weighted by Gasteiger charge is -2.28. The average molecular weight is 497 g/mol. The summed E-state index contributed by atoms with van der Waals surface area (Å²) in [6.07, 6.45) is 1.40. The number of carbonyl (C=O) groups is 2. The first-order valence-corrected chi connectivity index (χ1v) is 10.9. The SMILES string of the molecule is COc1cc(/C=C2/C(=O)NC(=S)N(c3ccccc3)C2=O)cc(Cl)c1OCc1cccc(F)c1. The van der Waals surface area contributed by atoms with Crippen LogP contribution in [0, 0.1) is 5.82 Å². The lowest BCUT2D eigenvalue weighted by atomic mass is 10.1. The van der Waals surface area contributed by atoms with Crippen molar-refractivity contribution in [2.24, 2.45) is 0 Å². The summed E-state index contributed by atoms with van der Waals surface area (Å²) in [5.74, 6) is -1.03. The zero-order valence-electron chi connectivity index (χ0n) is 17.9. The molecule has 9 heteroatoms. The molecule has 172 valence electrons. The molecule has 3 aromatic carbocycles. The highest BCUT2D eigenvalue weighted by molar-refractivity contribution is 7.80. The van der Waals surface area contributed by atoms with Gasteiger partial charge in [-0.3, -0.25) is 19.8 Å². The number of halogens is 2. The van der Waals surface area contributed by atoms with Crippen molar-refractivity contribution >= 4 is 52.5 Å². The quantitative estimate of drug-likeness (QED) is 0.299. The van der Waals surface area contributed by atoms with Crippen LogP contribution in [-0.2, 0) is 16.2 Å². The summed E-state index contributed by atoms with van der Waals surface area (Å²) < 4.78 is 24.6. The number of hydrogen-bond donors (Lipinski definition) is 1. The van der Waals surface area contributed by atoms with Crippen molar-refractivity contribution in [2.75, 3.05) is 12.0 Å². The van der Waals surface area contributed by atoms with Gasteiger partial charge in [0.25, 0.3) is 11.8 Å². The lowest BCUT2D eigenvalue weighted by Crippen LogP contribution is -2.54. The number of nitrogens with zero attached hydrogens (tertiary/aromatic N) is 1. The molecule has 0 spiro atoms. The van der Waals surface area contributed by atoms with E-state index < -0.39 is 11.8 Å². The predicted octanol–water partition coefficient (Wildman–Crippen LogP) is 4.90. The normalized spacial score (nSPS) is 14.9. The minimum absolute atomic E-state index is 0.00457. The molecule has 0 aromatic heterocycles. The van der Waals surface area contributed by atoms with Gasteiger partial charge in [-0.05, 0) is 65.8 Å². The number of anilines is 1. The summed E-state index contributed by atoms with van der Waals surface area (Å²) in [4.78, 5) is 26.9. The zero-order valence-corrected chi connectivity index (χ0v) is 19.5. The molecule has 0 radical (unpaired) electrons. The third-order valence-corrected chi connectivity index (χ3v) is 5.52. The van der Waals surface area contributed by atoms with Crippen molar-refractivity contribution in [2.45, 2.75) is 6.61 Å². The predicted molar refractivity (Wildman–Crippen MR) is 131 cm³/mol. The first kappa shape index (κ1) is 23.4. The maximum atomic E-state index is 13.4. The highest BCUT2D eigenvalue weighted by Gasteiger charge is 2.34. The number of ether oxygens (including phenoxy) is 2. The molecule has 1 fully saturated rings. The van der Waals surface area contributed by atoms with Gasteiger partial charge in [0.1, 0.15) is 18.0 Å². The topological polar surface area (TPSA) is 67.9 Å². The van der Waals surface area contributed by atoms with Crippen molar-refractivity contribution in [3.63, 3.8) is 0 Å². The molecular formula is C25H18ClFN2O4S. The molecule has 1 saturated heterocycles. The molecule has 0 unspecified atom stereocenters. The van der Waals surface area contributed by atoms with Gasteiger partial charge in [-0.15, -0.1) is 0 Å². The van der Waals surface area contributed by atoms with E-state index >= 15 is 0 Å². The second-order valence-electron chi connectivity index (χ2n) is 7.25. The minimum Gasteiger partial charge on any atom is -0.493 e. The fraction of sp³-hybridized carbons (Fsp3) is 0.0800. The number of para-hydroxylation sites is 1. The van der Waals surface area contributed by atoms with E-state index in [4.69, 9.17) is 33.3 Å². The van der Waals surface area contributed by atoms with Crippen LogP contribution >= 0.6 is 23.8 Å². The van der Waals surface area contributed by atoms with Gasteiger partial charge in [0.2, 0.25) is 0 Å². The number of benzene rings is 3. The van der Waals surface area contributed by atoms with E-state index in [0.717, 1.165) is 0 Å². The second kappa shape index (κ2) is 10.0. The van der Waals surface area contributed by atoms with Crippen LogP contribution in [0.15, 0.2) is 72.3 Å². The van der Waals surface area contributed by atoms with E-state index in [1.54, 1.807) is 48.5 Å². The van der Waals surface area contributed by atoms with Gasteiger partial charge in [0, 0.05) is 0 Å². The average Bonchev–Trinajstić information content (AvgIpc) is 2.81. The summed E-state index contributed by atoms with van der Waals surface area (Å²) >= 11 is 11.6. The Morgan fingerprint density at radius 3 is 2.56 bits per heavy atom. The maximum Gasteiger partial charge on any atom is 0.270 e. The van der Waals surface area contributed by atoms with E-state index in [-0.39, 0.29) is 39.6 Å². The van der Waals surface area contributed by atoms with Crippen molar-refractivity contribution in [1.82, 2.24) is 5.32 Å². The van der Waals surface area contributed by atoms with Crippen LogP contribution in [0.25, 0.3) is 6.08 Å². The highest BCUT2D eigenvalue weighted by Crippen LogP contribution is 2.38. The van der Waals surface area contributed by atoms with Crippen molar-refractivity contribution in [1.29, 1.82) is 0 Å². The Kier molecular flexibility index (Phi) is 6.90. The van der Waals surface area contributed by atoms with Gasteiger partial charge in [-0.25, -0.2) is 4.39 Å². The molecule has 1 heterocycles. The van der Waals surface area contributed by atoms with E-state index in [1.807, 2.05) is 6.07 Å². The Labute approximate surface area is 205 Å². The molecule has 0 bridgehead atoms. The standard InChI is InChI=1S/C25H18ClFN2O4S/c1-32-21-13-16(12-20(26)22(21)33-14-15-6-5-7-17(27)10-15)11-19-23(30)28-25(34)29(24(19)31)18-8-3-2-4-9-18/h2-13H,14H2,1H3,(H,28,30,34)/b19-11-. The molecule has 0 saturated carbocycles. The Morgan fingerprint density at radius 2 is 1.85 bits per heavy atom. The molecular weight excluding hydrogens is 479 g/mol. The summed E-state index contributed by atoms with van der Waals surface area (Å²) in [5, 5.41) is 2.73.